The number of carbonyl (C=O) groups is 1. The molecule has 0 aliphatic carbocycles. The maximum Gasteiger partial charge on any atom is 0.272 e. The smallest absolute Gasteiger partial charge is 0.272 e. The molecule has 1 amide bonds. The Morgan fingerprint density at radius 1 is 1.50 bits per heavy atom. The van der Waals surface area contributed by atoms with Crippen molar-refractivity contribution in [3.63, 3.8) is 0 Å². The summed E-state index contributed by atoms with van der Waals surface area (Å²) < 4.78 is 5.37. The molecule has 0 aliphatic rings. The lowest BCUT2D eigenvalue weighted by Gasteiger charge is -2.04. The van der Waals surface area contributed by atoms with Crippen molar-refractivity contribution in [2.75, 3.05) is 5.73 Å². The first-order chi connectivity index (χ1) is 8.70. The molecule has 0 aliphatic heterocycles. The lowest BCUT2D eigenvalue weighted by atomic mass is 10.3. The molecule has 0 unspecified atom stereocenters. The number of hydrogen-bond acceptors (Lipinski definition) is 5. The van der Waals surface area contributed by atoms with Crippen molar-refractivity contribution in [2.45, 2.75) is 19.9 Å². The van der Waals surface area contributed by atoms with Gasteiger partial charge in [0.25, 0.3) is 5.91 Å². The van der Waals surface area contributed by atoms with E-state index in [1.165, 1.54) is 6.20 Å². The molecule has 0 atom stereocenters. The molecule has 0 saturated carbocycles. The standard InChI is InChI=1S/C12H14N4O2/c1-2-8-6-15-10(18-8)7-16-12(17)11-9(13)4-3-5-14-11/h3-6H,2,7,13H2,1H3,(H,16,17). The molecule has 0 radical (unpaired) electrons. The topological polar surface area (TPSA) is 94.0 Å². The first-order valence-electron chi connectivity index (χ1n) is 5.63. The fourth-order valence-electron chi connectivity index (χ4n) is 1.44. The predicted octanol–water partition coefficient (Wildman–Crippen LogP) is 1.14. The monoisotopic (exact) mass is 246 g/mol. The summed E-state index contributed by atoms with van der Waals surface area (Å²) in [7, 11) is 0. The zero-order valence-corrected chi connectivity index (χ0v) is 10.0. The van der Waals surface area contributed by atoms with Gasteiger partial charge < -0.3 is 15.5 Å². The minimum atomic E-state index is -0.343. The third kappa shape index (κ3) is 2.65. The highest BCUT2D eigenvalue weighted by Crippen LogP contribution is 2.07. The Bertz CT molecular complexity index is 551. The third-order valence-electron chi connectivity index (χ3n) is 2.40. The maximum atomic E-state index is 11.8. The average Bonchev–Trinajstić information content (AvgIpc) is 2.84. The van der Waals surface area contributed by atoms with Crippen molar-refractivity contribution in [3.05, 3.63) is 41.9 Å². The van der Waals surface area contributed by atoms with Crippen LogP contribution in [-0.4, -0.2) is 15.9 Å². The molecule has 2 rings (SSSR count). The molecule has 2 heterocycles. The normalized spacial score (nSPS) is 10.3. The second kappa shape index (κ2) is 5.31. The van der Waals surface area contributed by atoms with Crippen LogP contribution in [0.5, 0.6) is 0 Å². The van der Waals surface area contributed by atoms with E-state index < -0.39 is 0 Å². The number of hydrogen-bond donors (Lipinski definition) is 2. The van der Waals surface area contributed by atoms with Gasteiger partial charge in [0.1, 0.15) is 5.76 Å². The molecule has 0 spiro atoms. The SMILES string of the molecule is CCc1cnc(CNC(=O)c2ncccc2N)o1. The Labute approximate surface area is 104 Å². The number of oxazole rings is 1. The number of nitrogens with two attached hydrogens (primary N) is 1. The summed E-state index contributed by atoms with van der Waals surface area (Å²) in [6, 6.07) is 3.30. The van der Waals surface area contributed by atoms with Crippen LogP contribution in [0.2, 0.25) is 0 Å². The molecule has 0 saturated heterocycles. The Morgan fingerprint density at radius 3 is 3.00 bits per heavy atom. The Morgan fingerprint density at radius 2 is 2.33 bits per heavy atom. The molecule has 2 aromatic rings. The largest absolute Gasteiger partial charge is 0.444 e. The fraction of sp³-hybridized carbons (Fsp3) is 0.250. The quantitative estimate of drug-likeness (QED) is 0.843. The van der Waals surface area contributed by atoms with Gasteiger partial charge in [0, 0.05) is 12.6 Å². The lowest BCUT2D eigenvalue weighted by Crippen LogP contribution is -2.24. The molecule has 6 nitrogen and oxygen atoms in total. The number of aromatic nitrogens is 2. The van der Waals surface area contributed by atoms with Gasteiger partial charge in [0.15, 0.2) is 5.69 Å². The van der Waals surface area contributed by atoms with Crippen LogP contribution in [0.25, 0.3) is 0 Å². The van der Waals surface area contributed by atoms with Crippen LogP contribution < -0.4 is 11.1 Å². The van der Waals surface area contributed by atoms with Gasteiger partial charge in [0.05, 0.1) is 18.4 Å². The summed E-state index contributed by atoms with van der Waals surface area (Å²) in [5, 5.41) is 2.66. The second-order valence-corrected chi connectivity index (χ2v) is 3.70. The zero-order chi connectivity index (χ0) is 13.0. The van der Waals surface area contributed by atoms with E-state index in [9.17, 15) is 4.79 Å². The van der Waals surface area contributed by atoms with E-state index in [-0.39, 0.29) is 18.1 Å². The number of aryl methyl sites for hydroxylation is 1. The molecule has 3 N–H and O–H groups in total. The minimum Gasteiger partial charge on any atom is -0.444 e. The number of anilines is 1. The molecule has 0 fully saturated rings. The van der Waals surface area contributed by atoms with Crippen LogP contribution in [0, 0.1) is 0 Å². The van der Waals surface area contributed by atoms with Gasteiger partial charge in [-0.3, -0.25) is 4.79 Å². The number of nitrogens with zero attached hydrogens (tertiary/aromatic N) is 2. The van der Waals surface area contributed by atoms with Crippen molar-refractivity contribution in [2.24, 2.45) is 0 Å². The summed E-state index contributed by atoms with van der Waals surface area (Å²) in [5.74, 6) is 0.913. The highest BCUT2D eigenvalue weighted by molar-refractivity contribution is 5.96. The Kier molecular flexibility index (Phi) is 3.57. The number of carbonyl (C=O) groups excluding carboxylic acids is 1. The summed E-state index contributed by atoms with van der Waals surface area (Å²) in [4.78, 5) is 19.8. The van der Waals surface area contributed by atoms with E-state index in [2.05, 4.69) is 15.3 Å². The van der Waals surface area contributed by atoms with Crippen molar-refractivity contribution in [3.8, 4) is 0 Å². The van der Waals surface area contributed by atoms with E-state index in [0.29, 0.717) is 11.6 Å². The van der Waals surface area contributed by atoms with Crippen LogP contribution in [-0.2, 0) is 13.0 Å². The summed E-state index contributed by atoms with van der Waals surface area (Å²) in [6.45, 7) is 2.19. The fourth-order valence-corrected chi connectivity index (χ4v) is 1.44. The van der Waals surface area contributed by atoms with Crippen LogP contribution in [0.4, 0.5) is 5.69 Å². The third-order valence-corrected chi connectivity index (χ3v) is 2.40. The highest BCUT2D eigenvalue weighted by Gasteiger charge is 2.11. The van der Waals surface area contributed by atoms with E-state index in [0.717, 1.165) is 12.2 Å². The maximum absolute atomic E-state index is 11.8. The van der Waals surface area contributed by atoms with Gasteiger partial charge in [-0.25, -0.2) is 9.97 Å². The molecule has 2 aromatic heterocycles. The van der Waals surface area contributed by atoms with Crippen molar-refractivity contribution in [1.82, 2.24) is 15.3 Å². The Balaban J connectivity index is 1.98. The van der Waals surface area contributed by atoms with Crippen LogP contribution in [0.1, 0.15) is 29.1 Å². The van der Waals surface area contributed by atoms with Gasteiger partial charge in [-0.05, 0) is 12.1 Å². The van der Waals surface area contributed by atoms with Gasteiger partial charge in [-0.1, -0.05) is 6.92 Å². The summed E-state index contributed by atoms with van der Waals surface area (Å²) >= 11 is 0. The van der Waals surface area contributed by atoms with E-state index in [1.807, 2.05) is 6.92 Å². The molecule has 6 heteroatoms. The van der Waals surface area contributed by atoms with Crippen LogP contribution in [0.3, 0.4) is 0 Å². The minimum absolute atomic E-state index is 0.208. The molecular formula is C12H14N4O2. The van der Waals surface area contributed by atoms with E-state index >= 15 is 0 Å². The lowest BCUT2D eigenvalue weighted by molar-refractivity contribution is 0.0943. The van der Waals surface area contributed by atoms with Gasteiger partial charge >= 0.3 is 0 Å². The first-order valence-corrected chi connectivity index (χ1v) is 5.63. The summed E-state index contributed by atoms with van der Waals surface area (Å²) in [6.07, 6.45) is 3.94. The number of rotatable bonds is 4. The molecule has 94 valence electrons. The molecule has 0 aromatic carbocycles. The van der Waals surface area contributed by atoms with Crippen LogP contribution >= 0.6 is 0 Å². The highest BCUT2D eigenvalue weighted by atomic mass is 16.4. The van der Waals surface area contributed by atoms with Gasteiger partial charge in [-0.2, -0.15) is 0 Å². The number of pyridine rings is 1. The number of amides is 1. The number of nitrogen functional groups attached to an aromatic ring is 1. The molecule has 0 bridgehead atoms. The van der Waals surface area contributed by atoms with Crippen LogP contribution in [0.15, 0.2) is 28.9 Å². The first kappa shape index (κ1) is 12.1. The Hall–Kier alpha value is -2.37. The summed E-state index contributed by atoms with van der Waals surface area (Å²) in [5.41, 5.74) is 6.21. The number of nitrogens with one attached hydrogen (secondary N) is 1. The van der Waals surface area contributed by atoms with Gasteiger partial charge in [0.2, 0.25) is 5.89 Å². The second-order valence-electron chi connectivity index (χ2n) is 3.70. The van der Waals surface area contributed by atoms with Crippen molar-refractivity contribution < 1.29 is 9.21 Å². The van der Waals surface area contributed by atoms with E-state index in [1.54, 1.807) is 18.3 Å². The average molecular weight is 246 g/mol. The van der Waals surface area contributed by atoms with Gasteiger partial charge in [-0.15, -0.1) is 0 Å². The molecule has 18 heavy (non-hydrogen) atoms. The van der Waals surface area contributed by atoms with Crippen molar-refractivity contribution in [1.29, 1.82) is 0 Å². The molecular weight excluding hydrogens is 232 g/mol. The van der Waals surface area contributed by atoms with Crippen molar-refractivity contribution >= 4 is 11.6 Å². The zero-order valence-electron chi connectivity index (χ0n) is 10.0. The van der Waals surface area contributed by atoms with E-state index in [4.69, 9.17) is 10.2 Å². The predicted molar refractivity (Wildman–Crippen MR) is 65.7 cm³/mol.